The second-order valence-electron chi connectivity index (χ2n) is 3.17. The van der Waals surface area contributed by atoms with Gasteiger partial charge in [0.05, 0.1) is 12.8 Å². The topological polar surface area (TPSA) is 39.9 Å². The SMILES string of the molecule is COc1ccc(F)c(-n2c(C)nnc2Cl)c1. The van der Waals surface area contributed by atoms with Gasteiger partial charge in [-0.25, -0.2) is 4.39 Å². The molecule has 1 aromatic heterocycles. The molecule has 16 heavy (non-hydrogen) atoms. The predicted octanol–water partition coefficient (Wildman–Crippen LogP) is 2.38. The van der Waals surface area contributed by atoms with Gasteiger partial charge in [-0.1, -0.05) is 0 Å². The van der Waals surface area contributed by atoms with Crippen LogP contribution >= 0.6 is 11.6 Å². The first-order valence-corrected chi connectivity index (χ1v) is 4.92. The van der Waals surface area contributed by atoms with E-state index < -0.39 is 5.82 Å². The molecular formula is C10H9ClFN3O. The Labute approximate surface area is 96.6 Å². The minimum atomic E-state index is -0.411. The van der Waals surface area contributed by atoms with E-state index in [0.717, 1.165) is 0 Å². The Morgan fingerprint density at radius 3 is 2.69 bits per heavy atom. The molecule has 0 fully saturated rings. The average molecular weight is 242 g/mol. The molecule has 0 atom stereocenters. The lowest BCUT2D eigenvalue weighted by molar-refractivity contribution is 0.413. The molecule has 0 spiro atoms. The van der Waals surface area contributed by atoms with Crippen molar-refractivity contribution in [3.05, 3.63) is 35.1 Å². The van der Waals surface area contributed by atoms with E-state index in [0.29, 0.717) is 11.6 Å². The molecule has 0 saturated heterocycles. The number of hydrogen-bond donors (Lipinski definition) is 0. The van der Waals surface area contributed by atoms with Crippen molar-refractivity contribution in [3.63, 3.8) is 0 Å². The molecule has 6 heteroatoms. The fourth-order valence-corrected chi connectivity index (χ4v) is 1.65. The number of ether oxygens (including phenoxy) is 1. The van der Waals surface area contributed by atoms with Crippen LogP contribution in [0.15, 0.2) is 18.2 Å². The largest absolute Gasteiger partial charge is 0.497 e. The Hall–Kier alpha value is -1.62. The zero-order valence-electron chi connectivity index (χ0n) is 8.74. The van der Waals surface area contributed by atoms with E-state index in [1.165, 1.54) is 29.9 Å². The molecule has 1 heterocycles. The number of rotatable bonds is 2. The van der Waals surface area contributed by atoms with Crippen LogP contribution < -0.4 is 4.74 Å². The summed E-state index contributed by atoms with van der Waals surface area (Å²) >= 11 is 5.83. The van der Waals surface area contributed by atoms with Crippen molar-refractivity contribution in [1.29, 1.82) is 0 Å². The van der Waals surface area contributed by atoms with Gasteiger partial charge in [0.2, 0.25) is 5.28 Å². The van der Waals surface area contributed by atoms with Crippen LogP contribution in [0.1, 0.15) is 5.82 Å². The molecule has 2 rings (SSSR count). The summed E-state index contributed by atoms with van der Waals surface area (Å²) in [5.41, 5.74) is 0.270. The van der Waals surface area contributed by atoms with Crippen molar-refractivity contribution in [1.82, 2.24) is 14.8 Å². The zero-order chi connectivity index (χ0) is 11.7. The summed E-state index contributed by atoms with van der Waals surface area (Å²) in [6.07, 6.45) is 0. The van der Waals surface area contributed by atoms with Crippen molar-refractivity contribution in [2.24, 2.45) is 0 Å². The van der Waals surface area contributed by atoms with E-state index in [9.17, 15) is 4.39 Å². The predicted molar refractivity (Wildman–Crippen MR) is 57.6 cm³/mol. The van der Waals surface area contributed by atoms with E-state index in [4.69, 9.17) is 16.3 Å². The lowest BCUT2D eigenvalue weighted by Crippen LogP contribution is -2.01. The third kappa shape index (κ3) is 1.74. The van der Waals surface area contributed by atoms with E-state index in [2.05, 4.69) is 10.2 Å². The number of aryl methyl sites for hydroxylation is 1. The second kappa shape index (κ2) is 4.09. The van der Waals surface area contributed by atoms with Crippen LogP contribution in [0.2, 0.25) is 5.28 Å². The molecule has 0 aliphatic heterocycles. The highest BCUT2D eigenvalue weighted by Gasteiger charge is 2.13. The summed E-state index contributed by atoms with van der Waals surface area (Å²) in [4.78, 5) is 0. The molecule has 0 aliphatic rings. The number of methoxy groups -OCH3 is 1. The standard InChI is InChI=1S/C10H9ClFN3O/c1-6-13-14-10(11)15(6)9-5-7(16-2)3-4-8(9)12/h3-5H,1-2H3. The molecule has 0 amide bonds. The first-order valence-electron chi connectivity index (χ1n) is 4.55. The lowest BCUT2D eigenvalue weighted by atomic mass is 10.3. The Bertz CT molecular complexity index is 507. The molecule has 0 aliphatic carbocycles. The molecule has 0 bridgehead atoms. The van der Waals surface area contributed by atoms with Crippen molar-refractivity contribution in [2.45, 2.75) is 6.92 Å². The summed E-state index contributed by atoms with van der Waals surface area (Å²) in [5, 5.41) is 7.54. The van der Waals surface area contributed by atoms with E-state index in [-0.39, 0.29) is 11.0 Å². The van der Waals surface area contributed by atoms with E-state index in [1.807, 2.05) is 0 Å². The first kappa shape index (κ1) is 10.9. The fourth-order valence-electron chi connectivity index (χ4n) is 1.40. The third-order valence-corrected chi connectivity index (χ3v) is 2.42. The van der Waals surface area contributed by atoms with Gasteiger partial charge in [-0.15, -0.1) is 10.2 Å². The van der Waals surface area contributed by atoms with Crippen molar-refractivity contribution in [2.75, 3.05) is 7.11 Å². The fraction of sp³-hybridized carbons (Fsp3) is 0.200. The molecule has 0 radical (unpaired) electrons. The van der Waals surface area contributed by atoms with Crippen molar-refractivity contribution in [3.8, 4) is 11.4 Å². The summed E-state index contributed by atoms with van der Waals surface area (Å²) in [6, 6.07) is 4.38. The van der Waals surface area contributed by atoms with Crippen LogP contribution in [0, 0.1) is 12.7 Å². The van der Waals surface area contributed by atoms with Crippen LogP contribution in [0.3, 0.4) is 0 Å². The van der Waals surface area contributed by atoms with E-state index in [1.54, 1.807) is 6.92 Å². The van der Waals surface area contributed by atoms with Gasteiger partial charge in [0.15, 0.2) is 0 Å². The highest BCUT2D eigenvalue weighted by atomic mass is 35.5. The summed E-state index contributed by atoms with van der Waals surface area (Å²) in [7, 11) is 1.51. The average Bonchev–Trinajstić information content (AvgIpc) is 2.60. The monoisotopic (exact) mass is 241 g/mol. The van der Waals surface area contributed by atoms with Gasteiger partial charge in [-0.3, -0.25) is 4.57 Å². The zero-order valence-corrected chi connectivity index (χ0v) is 9.49. The maximum Gasteiger partial charge on any atom is 0.229 e. The summed E-state index contributed by atoms with van der Waals surface area (Å²) in [5.74, 6) is 0.642. The second-order valence-corrected chi connectivity index (χ2v) is 3.51. The Morgan fingerprint density at radius 2 is 2.12 bits per heavy atom. The normalized spacial score (nSPS) is 10.5. The van der Waals surface area contributed by atoms with Crippen LogP contribution in [0.5, 0.6) is 5.75 Å². The highest BCUT2D eigenvalue weighted by molar-refractivity contribution is 6.28. The van der Waals surface area contributed by atoms with Gasteiger partial charge in [0.1, 0.15) is 17.4 Å². The number of benzene rings is 1. The van der Waals surface area contributed by atoms with Gasteiger partial charge in [-0.05, 0) is 30.7 Å². The van der Waals surface area contributed by atoms with Crippen LogP contribution in [0.25, 0.3) is 5.69 Å². The highest BCUT2D eigenvalue weighted by Crippen LogP contribution is 2.23. The quantitative estimate of drug-likeness (QED) is 0.811. The lowest BCUT2D eigenvalue weighted by Gasteiger charge is -2.08. The van der Waals surface area contributed by atoms with Crippen molar-refractivity contribution >= 4 is 11.6 Å². The molecule has 2 aromatic rings. The molecule has 4 nitrogen and oxygen atoms in total. The van der Waals surface area contributed by atoms with Crippen LogP contribution in [-0.4, -0.2) is 21.9 Å². The minimum absolute atomic E-state index is 0.115. The molecule has 0 N–H and O–H groups in total. The van der Waals surface area contributed by atoms with Crippen LogP contribution in [-0.2, 0) is 0 Å². The van der Waals surface area contributed by atoms with Gasteiger partial charge in [-0.2, -0.15) is 0 Å². The smallest absolute Gasteiger partial charge is 0.229 e. The number of halogens is 2. The van der Waals surface area contributed by atoms with Gasteiger partial charge < -0.3 is 4.74 Å². The molecule has 1 aromatic carbocycles. The maximum atomic E-state index is 13.6. The van der Waals surface area contributed by atoms with Gasteiger partial charge in [0, 0.05) is 6.07 Å². The molecule has 0 saturated carbocycles. The van der Waals surface area contributed by atoms with Crippen molar-refractivity contribution < 1.29 is 9.13 Å². The maximum absolute atomic E-state index is 13.6. The Balaban J connectivity index is 2.63. The van der Waals surface area contributed by atoms with E-state index >= 15 is 0 Å². The Morgan fingerprint density at radius 1 is 1.38 bits per heavy atom. The summed E-state index contributed by atoms with van der Waals surface area (Å²) < 4.78 is 20.1. The van der Waals surface area contributed by atoms with Gasteiger partial charge in [0.25, 0.3) is 0 Å². The van der Waals surface area contributed by atoms with Gasteiger partial charge >= 0.3 is 0 Å². The number of nitrogens with zero attached hydrogens (tertiary/aromatic N) is 3. The number of hydrogen-bond acceptors (Lipinski definition) is 3. The third-order valence-electron chi connectivity index (χ3n) is 2.18. The van der Waals surface area contributed by atoms with Crippen LogP contribution in [0.4, 0.5) is 4.39 Å². The molecule has 84 valence electrons. The molecule has 0 unspecified atom stereocenters. The number of aromatic nitrogens is 3. The Kier molecular flexibility index (Phi) is 2.78. The molecular weight excluding hydrogens is 233 g/mol. The minimum Gasteiger partial charge on any atom is -0.497 e. The summed E-state index contributed by atoms with van der Waals surface area (Å²) in [6.45, 7) is 1.69. The first-order chi connectivity index (χ1) is 7.63.